The summed E-state index contributed by atoms with van der Waals surface area (Å²) in [5.41, 5.74) is 2.05. The van der Waals surface area contributed by atoms with Crippen molar-refractivity contribution in [3.63, 3.8) is 0 Å². The summed E-state index contributed by atoms with van der Waals surface area (Å²) in [5, 5.41) is 0. The lowest BCUT2D eigenvalue weighted by Gasteiger charge is -2.33. The van der Waals surface area contributed by atoms with E-state index in [1.807, 2.05) is 54.4 Å². The Morgan fingerprint density at radius 2 is 2.12 bits per heavy atom. The minimum Gasteiger partial charge on any atom is -0.497 e. The predicted molar refractivity (Wildman–Crippen MR) is 95.4 cm³/mol. The monoisotopic (exact) mass is 340 g/mol. The van der Waals surface area contributed by atoms with Crippen LogP contribution in [0.3, 0.4) is 0 Å². The number of rotatable bonds is 6. The lowest BCUT2D eigenvalue weighted by atomic mass is 9.96. The minimum absolute atomic E-state index is 0.0580. The number of aromatic nitrogens is 1. The molecule has 0 radical (unpaired) electrons. The summed E-state index contributed by atoms with van der Waals surface area (Å²) < 4.78 is 10.7. The van der Waals surface area contributed by atoms with Crippen molar-refractivity contribution in [2.75, 3.05) is 26.9 Å². The van der Waals surface area contributed by atoms with Crippen molar-refractivity contribution in [1.82, 2.24) is 9.88 Å². The van der Waals surface area contributed by atoms with E-state index in [4.69, 9.17) is 9.47 Å². The second kappa shape index (κ2) is 8.12. The van der Waals surface area contributed by atoms with Crippen molar-refractivity contribution in [2.24, 2.45) is 5.92 Å². The number of ether oxygens (including phenoxy) is 2. The molecule has 1 aliphatic heterocycles. The molecule has 5 heteroatoms. The maximum absolute atomic E-state index is 13.1. The van der Waals surface area contributed by atoms with Crippen LogP contribution in [0.5, 0.6) is 5.75 Å². The average Bonchev–Trinajstić information content (AvgIpc) is 3.21. The molecule has 0 bridgehead atoms. The number of hydrogen-bond acceptors (Lipinski definition) is 4. The van der Waals surface area contributed by atoms with Crippen LogP contribution in [0.15, 0.2) is 48.8 Å². The van der Waals surface area contributed by atoms with Crippen LogP contribution >= 0.6 is 0 Å². The van der Waals surface area contributed by atoms with Gasteiger partial charge in [0.2, 0.25) is 5.91 Å². The molecule has 0 saturated carbocycles. The number of benzene rings is 1. The summed E-state index contributed by atoms with van der Waals surface area (Å²) in [6.45, 7) is 3.81. The van der Waals surface area contributed by atoms with Crippen LogP contribution in [0.2, 0.25) is 0 Å². The number of carbonyl (C=O) groups is 1. The molecule has 2 atom stereocenters. The molecule has 2 aromatic rings. The van der Waals surface area contributed by atoms with Gasteiger partial charge in [0.1, 0.15) is 5.75 Å². The Morgan fingerprint density at radius 3 is 2.68 bits per heavy atom. The highest BCUT2D eigenvalue weighted by atomic mass is 16.5. The van der Waals surface area contributed by atoms with Gasteiger partial charge in [-0.05, 0) is 42.7 Å². The maximum Gasteiger partial charge on any atom is 0.228 e. The first-order valence-electron chi connectivity index (χ1n) is 8.66. The Labute approximate surface area is 148 Å². The van der Waals surface area contributed by atoms with E-state index in [9.17, 15) is 4.79 Å². The largest absolute Gasteiger partial charge is 0.497 e. The van der Waals surface area contributed by atoms with Crippen LogP contribution in [-0.4, -0.2) is 42.7 Å². The van der Waals surface area contributed by atoms with E-state index in [1.165, 1.54) is 0 Å². The molecular weight excluding hydrogens is 316 g/mol. The highest BCUT2D eigenvalue weighted by Crippen LogP contribution is 2.31. The molecule has 0 N–H and O–H groups in total. The Bertz CT molecular complexity index is 682. The predicted octanol–water partition coefficient (Wildman–Crippen LogP) is 3.06. The van der Waals surface area contributed by atoms with Crippen LogP contribution < -0.4 is 4.74 Å². The Kier molecular flexibility index (Phi) is 5.66. The number of hydrogen-bond donors (Lipinski definition) is 0. The van der Waals surface area contributed by atoms with Crippen LogP contribution in [0.1, 0.15) is 30.5 Å². The lowest BCUT2D eigenvalue weighted by Crippen LogP contribution is -2.39. The smallest absolute Gasteiger partial charge is 0.228 e. The Hall–Kier alpha value is -2.40. The molecule has 1 amide bonds. The van der Waals surface area contributed by atoms with E-state index in [0.717, 1.165) is 23.3 Å². The highest BCUT2D eigenvalue weighted by Gasteiger charge is 2.32. The van der Waals surface area contributed by atoms with Crippen LogP contribution in [0.25, 0.3) is 0 Å². The fraction of sp³-hybridized carbons (Fsp3) is 0.400. The molecule has 3 rings (SSSR count). The zero-order valence-electron chi connectivity index (χ0n) is 14.7. The minimum atomic E-state index is -0.169. The summed E-state index contributed by atoms with van der Waals surface area (Å²) in [4.78, 5) is 19.3. The van der Waals surface area contributed by atoms with Crippen LogP contribution in [0.4, 0.5) is 0 Å². The molecule has 0 unspecified atom stereocenters. The van der Waals surface area contributed by atoms with Gasteiger partial charge in [-0.1, -0.05) is 18.2 Å². The number of amides is 1. The van der Waals surface area contributed by atoms with Gasteiger partial charge in [-0.2, -0.15) is 0 Å². The van der Waals surface area contributed by atoms with Crippen molar-refractivity contribution in [3.8, 4) is 5.75 Å². The summed E-state index contributed by atoms with van der Waals surface area (Å²) in [7, 11) is 1.65. The number of methoxy groups -OCH3 is 1. The van der Waals surface area contributed by atoms with E-state index < -0.39 is 0 Å². The first kappa shape index (κ1) is 17.4. The van der Waals surface area contributed by atoms with E-state index in [0.29, 0.717) is 19.8 Å². The maximum atomic E-state index is 13.1. The van der Waals surface area contributed by atoms with Gasteiger partial charge in [0.05, 0.1) is 25.7 Å². The van der Waals surface area contributed by atoms with Crippen molar-refractivity contribution >= 4 is 5.91 Å². The summed E-state index contributed by atoms with van der Waals surface area (Å²) in [5.74, 6) is 0.884. The SMILES string of the molecule is CCN(C(=O)[C@@H]1CCOC1)[C@H](c1ccc(OC)cc1)c1cccnc1. The Balaban J connectivity index is 1.98. The van der Waals surface area contributed by atoms with Gasteiger partial charge in [0.25, 0.3) is 0 Å². The zero-order valence-corrected chi connectivity index (χ0v) is 14.7. The first-order valence-corrected chi connectivity index (χ1v) is 8.66. The molecule has 5 nitrogen and oxygen atoms in total. The third kappa shape index (κ3) is 3.82. The van der Waals surface area contributed by atoms with Gasteiger partial charge in [0, 0.05) is 25.5 Å². The third-order valence-electron chi connectivity index (χ3n) is 4.65. The lowest BCUT2D eigenvalue weighted by molar-refractivity contribution is -0.137. The quantitative estimate of drug-likeness (QED) is 0.811. The topological polar surface area (TPSA) is 51.7 Å². The molecule has 1 aliphatic rings. The average molecular weight is 340 g/mol. The zero-order chi connectivity index (χ0) is 17.6. The van der Waals surface area contributed by atoms with Crippen molar-refractivity contribution < 1.29 is 14.3 Å². The summed E-state index contributed by atoms with van der Waals surface area (Å²) in [6.07, 6.45) is 4.37. The molecule has 1 fully saturated rings. The second-order valence-corrected chi connectivity index (χ2v) is 6.15. The number of carbonyl (C=O) groups excluding carboxylic acids is 1. The van der Waals surface area contributed by atoms with Crippen molar-refractivity contribution in [1.29, 1.82) is 0 Å². The number of nitrogens with zero attached hydrogens (tertiary/aromatic N) is 2. The van der Waals surface area contributed by atoms with E-state index in [-0.39, 0.29) is 17.9 Å². The van der Waals surface area contributed by atoms with E-state index in [2.05, 4.69) is 4.98 Å². The van der Waals surface area contributed by atoms with Crippen molar-refractivity contribution in [3.05, 3.63) is 59.9 Å². The van der Waals surface area contributed by atoms with E-state index in [1.54, 1.807) is 13.3 Å². The van der Waals surface area contributed by atoms with Crippen LogP contribution in [0, 0.1) is 5.92 Å². The molecule has 2 heterocycles. The summed E-state index contributed by atoms with van der Waals surface area (Å²) >= 11 is 0. The summed E-state index contributed by atoms with van der Waals surface area (Å²) in [6, 6.07) is 11.6. The molecule has 0 spiro atoms. The molecule has 0 aliphatic carbocycles. The standard InChI is InChI=1S/C20H24N2O3/c1-3-22(20(23)17-10-12-25-14-17)19(16-5-4-11-21-13-16)15-6-8-18(24-2)9-7-15/h4-9,11,13,17,19H,3,10,12,14H2,1-2H3/t17-,19-/m1/s1. The second-order valence-electron chi connectivity index (χ2n) is 6.15. The molecular formula is C20H24N2O3. The Morgan fingerprint density at radius 1 is 1.32 bits per heavy atom. The molecule has 1 saturated heterocycles. The molecule has 1 aromatic carbocycles. The van der Waals surface area contributed by atoms with Gasteiger partial charge in [-0.3, -0.25) is 9.78 Å². The fourth-order valence-corrected chi connectivity index (χ4v) is 3.31. The molecule has 25 heavy (non-hydrogen) atoms. The normalized spacial score (nSPS) is 17.9. The van der Waals surface area contributed by atoms with Gasteiger partial charge in [-0.15, -0.1) is 0 Å². The van der Waals surface area contributed by atoms with Gasteiger partial charge < -0.3 is 14.4 Å². The first-order chi connectivity index (χ1) is 12.2. The fourth-order valence-electron chi connectivity index (χ4n) is 3.31. The number of pyridine rings is 1. The molecule has 1 aromatic heterocycles. The van der Waals surface area contributed by atoms with E-state index >= 15 is 0 Å². The highest BCUT2D eigenvalue weighted by molar-refractivity contribution is 5.80. The van der Waals surface area contributed by atoms with Crippen LogP contribution in [-0.2, 0) is 9.53 Å². The van der Waals surface area contributed by atoms with Crippen molar-refractivity contribution in [2.45, 2.75) is 19.4 Å². The van der Waals surface area contributed by atoms with Gasteiger partial charge in [-0.25, -0.2) is 0 Å². The van der Waals surface area contributed by atoms with Gasteiger partial charge in [0.15, 0.2) is 0 Å². The molecule has 132 valence electrons. The van der Waals surface area contributed by atoms with Gasteiger partial charge >= 0.3 is 0 Å². The third-order valence-corrected chi connectivity index (χ3v) is 4.65.